The van der Waals surface area contributed by atoms with Crippen molar-refractivity contribution in [3.63, 3.8) is 0 Å². The molecule has 0 saturated heterocycles. The van der Waals surface area contributed by atoms with Crippen LogP contribution in [0.3, 0.4) is 0 Å². The molecule has 1 amide bonds. The van der Waals surface area contributed by atoms with Crippen LogP contribution in [-0.4, -0.2) is 47.4 Å². The van der Waals surface area contributed by atoms with E-state index >= 15 is 0 Å². The van der Waals surface area contributed by atoms with Crippen LogP contribution >= 0.6 is 0 Å². The number of carbonyl (C=O) groups is 2. The van der Waals surface area contributed by atoms with Gasteiger partial charge in [-0.25, -0.2) is 0 Å². The quantitative estimate of drug-likeness (QED) is 0.0417. The predicted molar refractivity (Wildman–Crippen MR) is 320 cm³/mol. The van der Waals surface area contributed by atoms with E-state index in [0.29, 0.717) is 25.9 Å². The lowest BCUT2D eigenvalue weighted by molar-refractivity contribution is -0.143. The maximum Gasteiger partial charge on any atom is 0.305 e. The van der Waals surface area contributed by atoms with Gasteiger partial charge >= 0.3 is 5.97 Å². The Hall–Kier alpha value is -1.14. The van der Waals surface area contributed by atoms with Gasteiger partial charge in [-0.3, -0.25) is 9.59 Å². The molecule has 0 saturated carbocycles. The summed E-state index contributed by atoms with van der Waals surface area (Å²) in [5, 5.41) is 23.3. The van der Waals surface area contributed by atoms with Crippen LogP contribution in [0.2, 0.25) is 0 Å². The van der Waals surface area contributed by atoms with Crippen LogP contribution < -0.4 is 5.32 Å². The summed E-state index contributed by atoms with van der Waals surface area (Å²) in [7, 11) is 0. The molecule has 3 N–H and O–H groups in total. The summed E-state index contributed by atoms with van der Waals surface area (Å²) in [5.74, 6) is -0.00627. The van der Waals surface area contributed by atoms with E-state index in [-0.39, 0.29) is 18.5 Å². The molecule has 0 fully saturated rings. The molecule has 2 unspecified atom stereocenters. The van der Waals surface area contributed by atoms with Crippen molar-refractivity contribution in [2.45, 2.75) is 405 Å². The van der Waals surface area contributed by atoms with Gasteiger partial charge in [-0.1, -0.05) is 354 Å². The van der Waals surface area contributed by atoms with Gasteiger partial charge in [0.15, 0.2) is 0 Å². The Labute approximate surface area is 457 Å². The van der Waals surface area contributed by atoms with Crippen LogP contribution in [0.25, 0.3) is 0 Å². The minimum absolute atomic E-state index is 0.0220. The first-order valence-corrected chi connectivity index (χ1v) is 33.8. The molecule has 0 aromatic heterocycles. The Kier molecular flexibility index (Phi) is 62.4. The molecule has 0 aliphatic heterocycles. The van der Waals surface area contributed by atoms with Gasteiger partial charge in [0.2, 0.25) is 5.91 Å². The minimum atomic E-state index is -0.660. The van der Waals surface area contributed by atoms with Crippen LogP contribution in [0, 0.1) is 0 Å². The van der Waals surface area contributed by atoms with Crippen molar-refractivity contribution in [2.24, 2.45) is 0 Å². The highest BCUT2D eigenvalue weighted by Crippen LogP contribution is 2.19. The molecule has 0 aliphatic carbocycles. The Bertz CT molecular complexity index is 1050. The lowest BCUT2D eigenvalue weighted by atomic mass is 10.0. The summed E-state index contributed by atoms with van der Waals surface area (Å²) in [6.45, 7) is 4.99. The Balaban J connectivity index is 3.31. The van der Waals surface area contributed by atoms with Crippen LogP contribution in [0.15, 0.2) is 0 Å². The SMILES string of the molecule is CCCCCCCCCCCCCCCCC(O)C(CO)NC(=O)CCCCCCCCCCCCCCCCCCCCCCCCCCCCCCCOC(=O)CCCCCCCCCCCCCCC. The highest BCUT2D eigenvalue weighted by Gasteiger charge is 2.20. The molecule has 6 heteroatoms. The topological polar surface area (TPSA) is 95.9 Å². The van der Waals surface area contributed by atoms with Gasteiger partial charge in [0, 0.05) is 12.8 Å². The van der Waals surface area contributed by atoms with Gasteiger partial charge in [-0.15, -0.1) is 0 Å². The number of amides is 1. The fraction of sp³-hybridized carbons (Fsp3) is 0.970. The molecule has 0 bridgehead atoms. The minimum Gasteiger partial charge on any atom is -0.466 e. The maximum absolute atomic E-state index is 12.5. The number of hydrogen-bond donors (Lipinski definition) is 3. The van der Waals surface area contributed by atoms with Gasteiger partial charge in [-0.05, 0) is 25.7 Å². The number of unbranched alkanes of at least 4 members (excludes halogenated alkanes) is 53. The number of nitrogens with one attached hydrogen (secondary N) is 1. The fourth-order valence-electron chi connectivity index (χ4n) is 11.0. The van der Waals surface area contributed by atoms with E-state index in [9.17, 15) is 19.8 Å². The summed E-state index contributed by atoms with van der Waals surface area (Å²) in [5.41, 5.74) is 0. The highest BCUT2D eigenvalue weighted by atomic mass is 16.5. The van der Waals surface area contributed by atoms with Gasteiger partial charge < -0.3 is 20.3 Å². The second-order valence-corrected chi connectivity index (χ2v) is 23.5. The highest BCUT2D eigenvalue weighted by molar-refractivity contribution is 5.76. The van der Waals surface area contributed by atoms with E-state index in [2.05, 4.69) is 19.2 Å². The standard InChI is InChI=1S/C67H133NO5/c1-3-5-7-9-11-13-15-17-36-39-43-47-51-55-59-65(70)64(63-69)68-66(71)60-56-52-48-44-40-37-33-31-29-27-25-23-21-19-18-20-22-24-26-28-30-32-34-38-42-46-50-54-58-62-73-67(72)61-57-53-49-45-41-35-16-14-12-10-8-6-4-2/h64-65,69-70H,3-63H2,1-2H3,(H,68,71). The molecule has 0 aromatic carbocycles. The lowest BCUT2D eigenvalue weighted by Crippen LogP contribution is -2.45. The number of aliphatic hydroxyl groups is 2. The van der Waals surface area contributed by atoms with Crippen LogP contribution in [0.1, 0.15) is 393 Å². The molecule has 436 valence electrons. The molecule has 0 aromatic rings. The zero-order valence-electron chi connectivity index (χ0n) is 49.9. The molecule has 2 atom stereocenters. The summed E-state index contributed by atoms with van der Waals surface area (Å²) in [6.07, 6.45) is 75.7. The number of ether oxygens (including phenoxy) is 1. The van der Waals surface area contributed by atoms with Crippen LogP contribution in [0.4, 0.5) is 0 Å². The summed E-state index contributed by atoms with van der Waals surface area (Å²) in [4.78, 5) is 24.5. The van der Waals surface area contributed by atoms with Crippen LogP contribution in [-0.2, 0) is 14.3 Å². The average Bonchev–Trinajstić information content (AvgIpc) is 3.39. The Morgan fingerprint density at radius 3 is 0.836 bits per heavy atom. The fourth-order valence-corrected chi connectivity index (χ4v) is 11.0. The average molecular weight is 1030 g/mol. The number of esters is 1. The number of aliphatic hydroxyl groups excluding tert-OH is 2. The first kappa shape index (κ1) is 71.9. The summed E-state index contributed by atoms with van der Waals surface area (Å²) in [6, 6.07) is -0.537. The third kappa shape index (κ3) is 60.0. The monoisotopic (exact) mass is 1030 g/mol. The molecule has 0 spiro atoms. The van der Waals surface area contributed by atoms with Crippen molar-refractivity contribution in [1.82, 2.24) is 5.32 Å². The third-order valence-electron chi connectivity index (χ3n) is 16.2. The molecule has 6 nitrogen and oxygen atoms in total. The van der Waals surface area contributed by atoms with Crippen molar-refractivity contribution in [3.05, 3.63) is 0 Å². The van der Waals surface area contributed by atoms with Crippen molar-refractivity contribution in [1.29, 1.82) is 0 Å². The van der Waals surface area contributed by atoms with E-state index < -0.39 is 12.1 Å². The van der Waals surface area contributed by atoms with E-state index in [4.69, 9.17) is 4.74 Å². The molecule has 0 radical (unpaired) electrons. The summed E-state index contributed by atoms with van der Waals surface area (Å²) >= 11 is 0. The van der Waals surface area contributed by atoms with E-state index in [1.54, 1.807) is 0 Å². The predicted octanol–water partition coefficient (Wildman–Crippen LogP) is 21.4. The van der Waals surface area contributed by atoms with E-state index in [0.717, 1.165) is 38.5 Å². The van der Waals surface area contributed by atoms with Gasteiger partial charge in [0.1, 0.15) is 0 Å². The number of hydrogen-bond acceptors (Lipinski definition) is 5. The molecule has 0 rings (SSSR count). The first-order chi connectivity index (χ1) is 36.0. The van der Waals surface area contributed by atoms with Gasteiger partial charge in [-0.2, -0.15) is 0 Å². The van der Waals surface area contributed by atoms with Crippen molar-refractivity contribution >= 4 is 11.9 Å². The zero-order valence-corrected chi connectivity index (χ0v) is 49.9. The van der Waals surface area contributed by atoms with Crippen LogP contribution in [0.5, 0.6) is 0 Å². The molecule has 0 aliphatic rings. The third-order valence-corrected chi connectivity index (χ3v) is 16.2. The normalized spacial score (nSPS) is 12.4. The zero-order chi connectivity index (χ0) is 52.9. The maximum atomic E-state index is 12.5. The van der Waals surface area contributed by atoms with Crippen molar-refractivity contribution in [2.75, 3.05) is 13.2 Å². The van der Waals surface area contributed by atoms with E-state index in [1.165, 1.54) is 321 Å². The second-order valence-electron chi connectivity index (χ2n) is 23.5. The van der Waals surface area contributed by atoms with Gasteiger partial charge in [0.05, 0.1) is 25.4 Å². The smallest absolute Gasteiger partial charge is 0.305 e. The first-order valence-electron chi connectivity index (χ1n) is 33.8. The van der Waals surface area contributed by atoms with E-state index in [1.807, 2.05) is 0 Å². The molecular weight excluding hydrogens is 899 g/mol. The molecule has 0 heterocycles. The van der Waals surface area contributed by atoms with Crippen molar-refractivity contribution < 1.29 is 24.5 Å². The summed E-state index contributed by atoms with van der Waals surface area (Å²) < 4.78 is 5.49. The molecular formula is C67H133NO5. The number of rotatable bonds is 64. The molecule has 73 heavy (non-hydrogen) atoms. The Morgan fingerprint density at radius 1 is 0.329 bits per heavy atom. The number of carbonyl (C=O) groups excluding carboxylic acids is 2. The van der Waals surface area contributed by atoms with Crippen molar-refractivity contribution in [3.8, 4) is 0 Å². The largest absolute Gasteiger partial charge is 0.466 e. The second kappa shape index (κ2) is 63.4. The van der Waals surface area contributed by atoms with Gasteiger partial charge in [0.25, 0.3) is 0 Å². The Morgan fingerprint density at radius 2 is 0.562 bits per heavy atom. The lowest BCUT2D eigenvalue weighted by Gasteiger charge is -2.22.